The number of aryl methyl sites for hydroxylation is 2. The molecule has 34 heavy (non-hydrogen) atoms. The highest BCUT2D eigenvalue weighted by molar-refractivity contribution is 7.17. The molecule has 1 fully saturated rings. The van der Waals surface area contributed by atoms with Crippen molar-refractivity contribution in [2.75, 3.05) is 11.9 Å². The second kappa shape index (κ2) is 9.37. The van der Waals surface area contributed by atoms with Crippen molar-refractivity contribution >= 4 is 39.3 Å². The minimum atomic E-state index is -0.472. The van der Waals surface area contributed by atoms with E-state index < -0.39 is 11.9 Å². The molecule has 0 atom stereocenters. The van der Waals surface area contributed by atoms with Gasteiger partial charge in [-0.25, -0.2) is 9.78 Å². The van der Waals surface area contributed by atoms with Gasteiger partial charge in [0, 0.05) is 10.9 Å². The molecule has 0 aromatic carbocycles. The number of fused-ring (bicyclic) bond motifs is 2. The second-order valence-corrected chi connectivity index (χ2v) is 10.2. The number of rotatable bonds is 5. The van der Waals surface area contributed by atoms with E-state index in [9.17, 15) is 14.4 Å². The van der Waals surface area contributed by atoms with Gasteiger partial charge in [-0.2, -0.15) is 0 Å². The van der Waals surface area contributed by atoms with Crippen LogP contribution in [0.5, 0.6) is 0 Å². The van der Waals surface area contributed by atoms with Crippen LogP contribution in [0.15, 0.2) is 15.5 Å². The fraction of sp³-hybridized carbons (Fsp3) is 0.520. The number of ether oxygens (including phenoxy) is 1. The van der Waals surface area contributed by atoms with E-state index in [1.807, 2.05) is 0 Å². The Morgan fingerprint density at radius 2 is 1.94 bits per heavy atom. The van der Waals surface area contributed by atoms with Crippen molar-refractivity contribution in [1.82, 2.24) is 9.55 Å². The van der Waals surface area contributed by atoms with Crippen molar-refractivity contribution in [2.24, 2.45) is 0 Å². The van der Waals surface area contributed by atoms with Gasteiger partial charge in [-0.3, -0.25) is 14.2 Å². The van der Waals surface area contributed by atoms with Crippen LogP contribution in [-0.2, 0) is 17.6 Å². The molecular formula is C25H29N3O5S. The van der Waals surface area contributed by atoms with Gasteiger partial charge < -0.3 is 14.5 Å². The number of thiophene rings is 1. The van der Waals surface area contributed by atoms with Crippen molar-refractivity contribution in [2.45, 2.75) is 77.7 Å². The standard InChI is InChI=1S/C25H29N3O5S/c1-3-32-25(31)19-16-11-7-8-12-17(16)34-23(19)27-21(29)18-14(2)33-22-20(18)24(30)28(13-26-22)15-9-5-4-6-10-15/h13,15H,3-12H2,1-2H3,(H,27,29). The van der Waals surface area contributed by atoms with Gasteiger partial charge in [-0.05, 0) is 57.9 Å². The molecule has 3 heterocycles. The maximum Gasteiger partial charge on any atom is 0.341 e. The zero-order chi connectivity index (χ0) is 23.8. The Bertz CT molecular complexity index is 1310. The van der Waals surface area contributed by atoms with Crippen LogP contribution in [0.2, 0.25) is 0 Å². The average Bonchev–Trinajstić information content (AvgIpc) is 3.37. The highest BCUT2D eigenvalue weighted by Crippen LogP contribution is 2.39. The van der Waals surface area contributed by atoms with Crippen LogP contribution in [0, 0.1) is 6.92 Å². The van der Waals surface area contributed by atoms with E-state index >= 15 is 0 Å². The molecule has 2 aliphatic rings. The molecule has 5 rings (SSSR count). The zero-order valence-electron chi connectivity index (χ0n) is 19.6. The van der Waals surface area contributed by atoms with E-state index in [0.717, 1.165) is 61.8 Å². The van der Waals surface area contributed by atoms with Gasteiger partial charge in [-0.1, -0.05) is 19.3 Å². The van der Waals surface area contributed by atoms with Gasteiger partial charge >= 0.3 is 5.97 Å². The first-order chi connectivity index (χ1) is 16.5. The highest BCUT2D eigenvalue weighted by atomic mass is 32.1. The molecule has 8 nitrogen and oxygen atoms in total. The topological polar surface area (TPSA) is 103 Å². The van der Waals surface area contributed by atoms with Crippen molar-refractivity contribution in [3.63, 3.8) is 0 Å². The van der Waals surface area contributed by atoms with Crippen molar-refractivity contribution in [3.05, 3.63) is 44.0 Å². The molecule has 0 unspecified atom stereocenters. The number of nitrogens with one attached hydrogen (secondary N) is 1. The minimum absolute atomic E-state index is 0.0868. The quantitative estimate of drug-likeness (QED) is 0.502. The lowest BCUT2D eigenvalue weighted by molar-refractivity contribution is 0.0526. The molecule has 0 aliphatic heterocycles. The SMILES string of the molecule is CCOC(=O)c1c(NC(=O)c2c(C)oc3ncn(C4CCCCC4)c(=O)c23)sc2c1CCCC2. The summed E-state index contributed by atoms with van der Waals surface area (Å²) in [5, 5.41) is 3.58. The number of hydrogen-bond acceptors (Lipinski definition) is 7. The molecule has 9 heteroatoms. The lowest BCUT2D eigenvalue weighted by Gasteiger charge is -2.23. The van der Waals surface area contributed by atoms with E-state index in [1.165, 1.54) is 24.1 Å². The molecule has 0 bridgehead atoms. The molecule has 1 N–H and O–H groups in total. The van der Waals surface area contributed by atoms with Crippen LogP contribution in [0.25, 0.3) is 11.1 Å². The molecule has 0 saturated heterocycles. The number of aromatic nitrogens is 2. The Morgan fingerprint density at radius 3 is 2.71 bits per heavy atom. The van der Waals surface area contributed by atoms with Crippen LogP contribution in [0.3, 0.4) is 0 Å². The molecule has 1 saturated carbocycles. The molecule has 3 aromatic heterocycles. The van der Waals surface area contributed by atoms with E-state index in [1.54, 1.807) is 18.4 Å². The first kappa shape index (κ1) is 22.8. The van der Waals surface area contributed by atoms with Crippen LogP contribution < -0.4 is 10.9 Å². The third-order valence-electron chi connectivity index (χ3n) is 6.89. The first-order valence-corrected chi connectivity index (χ1v) is 12.9. The Hall–Kier alpha value is -2.94. The lowest BCUT2D eigenvalue weighted by atomic mass is 9.95. The van der Waals surface area contributed by atoms with Crippen molar-refractivity contribution in [3.8, 4) is 0 Å². The summed E-state index contributed by atoms with van der Waals surface area (Å²) in [7, 11) is 0. The molecule has 0 spiro atoms. The van der Waals surface area contributed by atoms with Crippen LogP contribution in [-0.4, -0.2) is 28.0 Å². The Balaban J connectivity index is 1.55. The monoisotopic (exact) mass is 483 g/mol. The van der Waals surface area contributed by atoms with E-state index in [0.29, 0.717) is 16.3 Å². The molecular weight excluding hydrogens is 454 g/mol. The summed E-state index contributed by atoms with van der Waals surface area (Å²) in [6.45, 7) is 3.68. The molecule has 0 radical (unpaired) electrons. The van der Waals surface area contributed by atoms with E-state index in [-0.39, 0.29) is 34.9 Å². The summed E-state index contributed by atoms with van der Waals surface area (Å²) in [4.78, 5) is 45.2. The molecule has 180 valence electrons. The maximum absolute atomic E-state index is 13.5. The number of carbonyl (C=O) groups excluding carboxylic acids is 2. The largest absolute Gasteiger partial charge is 0.462 e. The first-order valence-electron chi connectivity index (χ1n) is 12.1. The molecule has 1 amide bonds. The predicted octanol–water partition coefficient (Wildman–Crippen LogP) is 5.17. The molecule has 3 aromatic rings. The highest BCUT2D eigenvalue weighted by Gasteiger charge is 2.30. The van der Waals surface area contributed by atoms with Gasteiger partial charge in [-0.15, -0.1) is 11.3 Å². The van der Waals surface area contributed by atoms with Gasteiger partial charge in [0.1, 0.15) is 22.5 Å². The number of carbonyl (C=O) groups is 2. The predicted molar refractivity (Wildman–Crippen MR) is 130 cm³/mol. The number of anilines is 1. The lowest BCUT2D eigenvalue weighted by Crippen LogP contribution is -2.27. The van der Waals surface area contributed by atoms with Crippen molar-refractivity contribution < 1.29 is 18.7 Å². The Morgan fingerprint density at radius 1 is 1.18 bits per heavy atom. The normalized spacial score (nSPS) is 16.4. The Labute approximate surface area is 201 Å². The third kappa shape index (κ3) is 3.96. The number of nitrogens with zero attached hydrogens (tertiary/aromatic N) is 2. The average molecular weight is 484 g/mol. The summed E-state index contributed by atoms with van der Waals surface area (Å²) < 4.78 is 12.7. The van der Waals surface area contributed by atoms with Gasteiger partial charge in [0.15, 0.2) is 0 Å². The summed E-state index contributed by atoms with van der Waals surface area (Å²) in [6.07, 6.45) is 10.4. The van der Waals surface area contributed by atoms with Gasteiger partial charge in [0.05, 0.1) is 17.7 Å². The van der Waals surface area contributed by atoms with Gasteiger partial charge in [0.2, 0.25) is 5.71 Å². The second-order valence-electron chi connectivity index (χ2n) is 9.05. The van der Waals surface area contributed by atoms with Crippen LogP contribution in [0.4, 0.5) is 5.00 Å². The fourth-order valence-electron chi connectivity index (χ4n) is 5.25. The summed E-state index contributed by atoms with van der Waals surface area (Å²) in [5.74, 6) is -0.564. The number of amides is 1. The maximum atomic E-state index is 13.5. The summed E-state index contributed by atoms with van der Waals surface area (Å²) in [5.41, 5.74) is 1.50. The number of furan rings is 1. The number of hydrogen-bond donors (Lipinski definition) is 1. The third-order valence-corrected chi connectivity index (χ3v) is 8.09. The minimum Gasteiger partial charge on any atom is -0.462 e. The number of esters is 1. The molecule has 2 aliphatic carbocycles. The van der Waals surface area contributed by atoms with Gasteiger partial charge in [0.25, 0.3) is 11.5 Å². The van der Waals surface area contributed by atoms with Crippen LogP contribution >= 0.6 is 11.3 Å². The summed E-state index contributed by atoms with van der Waals surface area (Å²) >= 11 is 1.42. The van der Waals surface area contributed by atoms with Crippen molar-refractivity contribution in [1.29, 1.82) is 0 Å². The Kier molecular flexibility index (Phi) is 6.29. The van der Waals surface area contributed by atoms with Crippen LogP contribution in [0.1, 0.15) is 94.8 Å². The summed E-state index contributed by atoms with van der Waals surface area (Å²) in [6, 6.07) is 0.0868. The van der Waals surface area contributed by atoms with E-state index in [4.69, 9.17) is 9.15 Å². The zero-order valence-corrected chi connectivity index (χ0v) is 20.4. The smallest absolute Gasteiger partial charge is 0.341 e. The van der Waals surface area contributed by atoms with E-state index in [2.05, 4.69) is 10.3 Å². The fourth-order valence-corrected chi connectivity index (χ4v) is 6.52.